The number of aromatic amines is 1. The fourth-order valence-electron chi connectivity index (χ4n) is 10.2. The molecule has 0 amide bonds. The largest absolute Gasteiger partial charge is 0.438 e. The van der Waals surface area contributed by atoms with E-state index in [0.29, 0.717) is 12.0 Å². The van der Waals surface area contributed by atoms with Gasteiger partial charge in [-0.05, 0) is 104 Å². The maximum Gasteiger partial charge on any atom is 0.229 e. The number of nitrogens with one attached hydrogen (secondary N) is 1. The van der Waals surface area contributed by atoms with E-state index in [1.807, 2.05) is 18.5 Å². The summed E-state index contributed by atoms with van der Waals surface area (Å²) in [6, 6.07) is 44.2. The highest BCUT2D eigenvalue weighted by Crippen LogP contribution is 2.55. The summed E-state index contributed by atoms with van der Waals surface area (Å²) in [6.07, 6.45) is 6.75. The number of hydrogen-bond donors (Lipinski definition) is 1. The lowest BCUT2D eigenvalue weighted by Crippen LogP contribution is -2.23. The van der Waals surface area contributed by atoms with Crippen molar-refractivity contribution in [3.8, 4) is 11.1 Å². The van der Waals surface area contributed by atoms with Gasteiger partial charge in [0.2, 0.25) is 5.55 Å². The van der Waals surface area contributed by atoms with Crippen molar-refractivity contribution in [3.05, 3.63) is 167 Å². The van der Waals surface area contributed by atoms with E-state index in [9.17, 15) is 0 Å². The Morgan fingerprint density at radius 3 is 2.42 bits per heavy atom. The number of furan rings is 1. The highest BCUT2D eigenvalue weighted by Gasteiger charge is 2.38. The van der Waals surface area contributed by atoms with Gasteiger partial charge in [-0.1, -0.05) is 98.8 Å². The van der Waals surface area contributed by atoms with E-state index in [4.69, 9.17) is 9.41 Å². The van der Waals surface area contributed by atoms with Crippen LogP contribution in [0.2, 0.25) is 0 Å². The van der Waals surface area contributed by atoms with Gasteiger partial charge in [-0.2, -0.15) is 4.99 Å². The van der Waals surface area contributed by atoms with E-state index in [1.165, 1.54) is 65.5 Å². The van der Waals surface area contributed by atoms with Crippen molar-refractivity contribution in [1.82, 2.24) is 14.5 Å². The molecule has 5 nitrogen and oxygen atoms in total. The molecule has 1 N–H and O–H groups in total. The van der Waals surface area contributed by atoms with Crippen molar-refractivity contribution >= 4 is 87.5 Å². The minimum absolute atomic E-state index is 0.174. The van der Waals surface area contributed by atoms with Crippen LogP contribution < -0.4 is 10.8 Å². The lowest BCUT2D eigenvalue weighted by atomic mass is 9.82. The van der Waals surface area contributed by atoms with Crippen molar-refractivity contribution < 1.29 is 4.42 Å². The fraction of sp³-hybridized carbons (Fsp3) is 0.0800. The molecule has 1 aliphatic carbocycles. The van der Waals surface area contributed by atoms with E-state index < -0.39 is 0 Å². The molecule has 0 unspecified atom stereocenters. The Balaban J connectivity index is 1.22. The van der Waals surface area contributed by atoms with Gasteiger partial charge in [0.15, 0.2) is 0 Å². The van der Waals surface area contributed by atoms with Gasteiger partial charge < -0.3 is 9.40 Å². The monoisotopic (exact) mass is 704 g/mol. The second kappa shape index (κ2) is 10.2. The molecule has 13 rings (SSSR count). The van der Waals surface area contributed by atoms with Gasteiger partial charge in [-0.25, -0.2) is 0 Å². The quantitative estimate of drug-likeness (QED) is 0.182. The van der Waals surface area contributed by atoms with Crippen molar-refractivity contribution in [1.29, 1.82) is 0 Å². The van der Waals surface area contributed by atoms with Crippen molar-refractivity contribution in [2.45, 2.75) is 25.7 Å². The summed E-state index contributed by atoms with van der Waals surface area (Å²) in [5.41, 5.74) is 13.5. The fourth-order valence-corrected chi connectivity index (χ4v) is 10.2. The van der Waals surface area contributed by atoms with Gasteiger partial charge in [0.25, 0.3) is 0 Å². The number of H-pyrrole nitrogens is 1. The van der Waals surface area contributed by atoms with Crippen LogP contribution in [0.25, 0.3) is 98.6 Å². The number of benzene rings is 7. The van der Waals surface area contributed by atoms with Gasteiger partial charge in [0.1, 0.15) is 11.4 Å². The third-order valence-corrected chi connectivity index (χ3v) is 12.6. The molecule has 0 fully saturated rings. The summed E-state index contributed by atoms with van der Waals surface area (Å²) in [4.78, 5) is 13.9. The van der Waals surface area contributed by atoms with Crippen LogP contribution in [0.5, 0.6) is 0 Å². The van der Waals surface area contributed by atoms with Gasteiger partial charge >= 0.3 is 0 Å². The third kappa shape index (κ3) is 3.72. The number of para-hydroxylation sites is 1. The zero-order chi connectivity index (χ0) is 36.2. The normalized spacial score (nSPS) is 15.0. The van der Waals surface area contributed by atoms with Gasteiger partial charge in [0, 0.05) is 55.8 Å². The maximum atomic E-state index is 6.85. The number of rotatable bonds is 2. The molecule has 4 aromatic heterocycles. The Hall–Kier alpha value is -6.98. The van der Waals surface area contributed by atoms with Gasteiger partial charge in [-0.3, -0.25) is 9.55 Å². The molecule has 11 aromatic rings. The van der Waals surface area contributed by atoms with Crippen molar-refractivity contribution in [3.63, 3.8) is 0 Å². The highest BCUT2D eigenvalue weighted by molar-refractivity contribution is 6.35. The molecule has 0 spiro atoms. The average Bonchev–Trinajstić information content (AvgIpc) is 3.89. The number of nitrogens with zero attached hydrogens (tertiary/aromatic N) is 3. The molecule has 1 aliphatic heterocycles. The molecule has 55 heavy (non-hydrogen) atoms. The molecule has 0 radical (unpaired) electrons. The standard InChI is InChI=1S/C50H32N4O/c1-50(2)36-15-7-5-13-32(36)44-34-18-17-29-23-39-46(33-14-6-8-16-38(33)52-39)48-43(29)47(34)40(25-37(44)50)54(48)42-20-19-31(30-12-9-21-51-26-30)45-35-22-27-10-3-4-11-28(27)24-41(35)55-49(45)53-42/h3-18,20-26,52H,19H2,1-2H3. The summed E-state index contributed by atoms with van der Waals surface area (Å²) >= 11 is 0. The molecule has 7 aromatic carbocycles. The minimum Gasteiger partial charge on any atom is -0.438 e. The predicted octanol–water partition coefficient (Wildman–Crippen LogP) is 11.3. The van der Waals surface area contributed by atoms with Crippen LogP contribution in [0.3, 0.4) is 0 Å². The first-order valence-corrected chi connectivity index (χ1v) is 19.0. The molecule has 0 saturated heterocycles. The second-order valence-corrected chi connectivity index (χ2v) is 15.8. The predicted molar refractivity (Wildman–Crippen MR) is 225 cm³/mol. The molecule has 0 bridgehead atoms. The Kier molecular flexibility index (Phi) is 5.44. The minimum atomic E-state index is -0.174. The summed E-state index contributed by atoms with van der Waals surface area (Å²) < 4.78 is 9.30. The molecule has 5 heteroatoms. The summed E-state index contributed by atoms with van der Waals surface area (Å²) in [5.74, 6) is 0.855. The summed E-state index contributed by atoms with van der Waals surface area (Å²) in [5, 5.41) is 11.9. The molecule has 2 aliphatic rings. The Morgan fingerprint density at radius 1 is 0.691 bits per heavy atom. The zero-order valence-electron chi connectivity index (χ0n) is 30.2. The Morgan fingerprint density at radius 2 is 1.53 bits per heavy atom. The van der Waals surface area contributed by atoms with E-state index in [-0.39, 0.29) is 5.41 Å². The Labute approximate surface area is 314 Å². The van der Waals surface area contributed by atoms with Crippen LogP contribution in [-0.2, 0) is 5.41 Å². The first-order chi connectivity index (χ1) is 27.0. The van der Waals surface area contributed by atoms with Gasteiger partial charge in [-0.15, -0.1) is 0 Å². The first-order valence-electron chi connectivity index (χ1n) is 19.0. The summed E-state index contributed by atoms with van der Waals surface area (Å²) in [6.45, 7) is 4.74. The number of fused-ring (bicyclic) bond motifs is 12. The number of aromatic nitrogens is 3. The van der Waals surface area contributed by atoms with Crippen LogP contribution in [0.4, 0.5) is 0 Å². The maximum absolute atomic E-state index is 6.85. The Bertz CT molecular complexity index is 3650. The molecule has 5 heterocycles. The molecule has 0 saturated carbocycles. The number of hydrogen-bond acceptors (Lipinski definition) is 3. The molecular formula is C50H32N4O. The van der Waals surface area contributed by atoms with Crippen molar-refractivity contribution in [2.24, 2.45) is 4.99 Å². The SMILES string of the molecule is CC1(C)c2ccccc2-c2c1cc1c3c2ccc2cc4[nH]c5ccccc5c4c(c23)n1C1=CCC(c2cccnc2)=c2c(oc3cc4ccccc4cc23)=N1. The van der Waals surface area contributed by atoms with Crippen LogP contribution in [0.1, 0.15) is 37.0 Å². The second-order valence-electron chi connectivity index (χ2n) is 15.8. The van der Waals surface area contributed by atoms with Crippen LogP contribution >= 0.6 is 0 Å². The topological polar surface area (TPSA) is 59.1 Å². The summed E-state index contributed by atoms with van der Waals surface area (Å²) in [7, 11) is 0. The first kappa shape index (κ1) is 29.5. The van der Waals surface area contributed by atoms with Crippen molar-refractivity contribution in [2.75, 3.05) is 0 Å². The highest BCUT2D eigenvalue weighted by atomic mass is 16.3. The van der Waals surface area contributed by atoms with Gasteiger partial charge in [0.05, 0.1) is 16.3 Å². The van der Waals surface area contributed by atoms with Crippen LogP contribution in [0, 0.1) is 0 Å². The van der Waals surface area contributed by atoms with E-state index >= 15 is 0 Å². The lowest BCUT2D eigenvalue weighted by Gasteiger charge is -2.22. The third-order valence-electron chi connectivity index (χ3n) is 12.6. The van der Waals surface area contributed by atoms with Crippen LogP contribution in [0.15, 0.2) is 149 Å². The molecular weight excluding hydrogens is 673 g/mol. The average molecular weight is 705 g/mol. The number of pyridine rings is 1. The lowest BCUT2D eigenvalue weighted by molar-refractivity contribution is 0.553. The smallest absolute Gasteiger partial charge is 0.229 e. The van der Waals surface area contributed by atoms with E-state index in [2.05, 4.69) is 150 Å². The van der Waals surface area contributed by atoms with E-state index in [0.717, 1.165) is 55.1 Å². The number of allylic oxidation sites excluding steroid dienone is 1. The van der Waals surface area contributed by atoms with Crippen LogP contribution in [-0.4, -0.2) is 14.5 Å². The zero-order valence-corrected chi connectivity index (χ0v) is 30.2. The van der Waals surface area contributed by atoms with E-state index in [1.54, 1.807) is 0 Å². The molecule has 0 atom stereocenters. The molecule has 258 valence electrons.